The van der Waals surface area contributed by atoms with Crippen molar-refractivity contribution in [2.24, 2.45) is 0 Å². The maximum atomic E-state index is 10.7. The molecule has 3 heterocycles. The Hall–Kier alpha value is -2.59. The van der Waals surface area contributed by atoms with Gasteiger partial charge in [0.15, 0.2) is 10.8 Å². The van der Waals surface area contributed by atoms with Gasteiger partial charge in [0.05, 0.1) is 11.5 Å². The van der Waals surface area contributed by atoms with Gasteiger partial charge in [-0.3, -0.25) is 15.0 Å². The predicted molar refractivity (Wildman–Crippen MR) is 99.8 cm³/mol. The van der Waals surface area contributed by atoms with Crippen LogP contribution in [0.4, 0.5) is 5.69 Å². The first kappa shape index (κ1) is 17.8. The van der Waals surface area contributed by atoms with Gasteiger partial charge in [-0.2, -0.15) is 9.61 Å². The van der Waals surface area contributed by atoms with Crippen LogP contribution in [0.15, 0.2) is 24.3 Å². The molecule has 0 radical (unpaired) electrons. The van der Waals surface area contributed by atoms with Crippen molar-refractivity contribution < 1.29 is 9.66 Å². The molecule has 1 fully saturated rings. The summed E-state index contributed by atoms with van der Waals surface area (Å²) in [4.78, 5) is 13.4. The maximum absolute atomic E-state index is 10.7. The molecule has 0 amide bonds. The molecule has 0 N–H and O–H groups in total. The Morgan fingerprint density at radius 3 is 2.56 bits per heavy atom. The Balaban J connectivity index is 1.41. The second-order valence-corrected chi connectivity index (χ2v) is 7.58. The third-order valence-electron chi connectivity index (χ3n) is 4.57. The van der Waals surface area contributed by atoms with Crippen molar-refractivity contribution in [2.45, 2.75) is 38.8 Å². The number of likely N-dealkylation sites (tertiary alicyclic amines) is 1. The van der Waals surface area contributed by atoms with Gasteiger partial charge in [-0.05, 0) is 38.1 Å². The number of hydrogen-bond donors (Lipinski definition) is 0. The largest absolute Gasteiger partial charge is 0.486 e. The van der Waals surface area contributed by atoms with E-state index in [1.54, 1.807) is 16.6 Å². The van der Waals surface area contributed by atoms with Crippen molar-refractivity contribution >= 4 is 22.0 Å². The van der Waals surface area contributed by atoms with Crippen molar-refractivity contribution in [1.29, 1.82) is 0 Å². The lowest BCUT2D eigenvalue weighted by Crippen LogP contribution is -2.25. The van der Waals surface area contributed by atoms with Gasteiger partial charge in [-0.25, -0.2) is 0 Å². The minimum Gasteiger partial charge on any atom is -0.486 e. The van der Waals surface area contributed by atoms with E-state index in [1.165, 1.54) is 49.2 Å². The summed E-state index contributed by atoms with van der Waals surface area (Å²) < 4.78 is 7.48. The first-order valence-corrected chi connectivity index (χ1v) is 9.80. The quantitative estimate of drug-likeness (QED) is 0.473. The number of nitro benzene ring substituents is 1. The van der Waals surface area contributed by atoms with E-state index in [1.807, 2.05) is 0 Å². The highest BCUT2D eigenvalue weighted by atomic mass is 32.1. The molecular formula is C17H20N6O3S. The number of ether oxygens (including phenoxy) is 1. The van der Waals surface area contributed by atoms with Crippen LogP contribution in [0, 0.1) is 10.1 Å². The first-order valence-electron chi connectivity index (χ1n) is 8.98. The zero-order chi connectivity index (χ0) is 18.6. The summed E-state index contributed by atoms with van der Waals surface area (Å²) in [7, 11) is 0. The third kappa shape index (κ3) is 4.22. The van der Waals surface area contributed by atoms with Gasteiger partial charge >= 0.3 is 0 Å². The van der Waals surface area contributed by atoms with Crippen molar-refractivity contribution in [3.8, 4) is 5.75 Å². The Labute approximate surface area is 159 Å². The lowest BCUT2D eigenvalue weighted by atomic mass is 10.2. The van der Waals surface area contributed by atoms with Gasteiger partial charge in [0.2, 0.25) is 4.96 Å². The number of nitrogens with zero attached hydrogens (tertiary/aromatic N) is 6. The smallest absolute Gasteiger partial charge is 0.269 e. The average molecular weight is 388 g/mol. The van der Waals surface area contributed by atoms with E-state index in [0.717, 1.165) is 35.4 Å². The van der Waals surface area contributed by atoms with Crippen LogP contribution in [0.3, 0.4) is 0 Å². The highest BCUT2D eigenvalue weighted by Crippen LogP contribution is 2.21. The fourth-order valence-electron chi connectivity index (χ4n) is 3.16. The summed E-state index contributed by atoms with van der Waals surface area (Å²) in [5, 5.41) is 24.6. The molecule has 0 bridgehead atoms. The van der Waals surface area contributed by atoms with Crippen molar-refractivity contribution in [1.82, 2.24) is 24.7 Å². The van der Waals surface area contributed by atoms with E-state index < -0.39 is 4.92 Å². The summed E-state index contributed by atoms with van der Waals surface area (Å²) in [6, 6.07) is 6.02. The number of nitro groups is 1. The molecule has 0 saturated carbocycles. The monoisotopic (exact) mass is 388 g/mol. The summed E-state index contributed by atoms with van der Waals surface area (Å²) >= 11 is 1.44. The second-order valence-electron chi connectivity index (χ2n) is 6.54. The standard InChI is InChI=1S/C17H20N6O3S/c24-23(25)13-5-7-14(8-6-13)26-12-16-20-22-15(18-19-17(22)27-16)11-21-9-3-1-2-4-10-21/h5-8H,1-4,9-12H2. The molecule has 142 valence electrons. The van der Waals surface area contributed by atoms with Crippen LogP contribution in [0.5, 0.6) is 5.75 Å². The molecule has 4 rings (SSSR count). The number of rotatable bonds is 6. The van der Waals surface area contributed by atoms with E-state index in [-0.39, 0.29) is 12.3 Å². The highest BCUT2D eigenvalue weighted by molar-refractivity contribution is 7.16. The number of hydrogen-bond acceptors (Lipinski definition) is 8. The highest BCUT2D eigenvalue weighted by Gasteiger charge is 2.16. The van der Waals surface area contributed by atoms with Crippen LogP contribution in [0.25, 0.3) is 4.96 Å². The molecule has 1 aliphatic heterocycles. The van der Waals surface area contributed by atoms with Crippen LogP contribution < -0.4 is 4.74 Å². The zero-order valence-electron chi connectivity index (χ0n) is 14.8. The predicted octanol–water partition coefficient (Wildman–Crippen LogP) is 3.05. The van der Waals surface area contributed by atoms with Crippen LogP contribution >= 0.6 is 11.3 Å². The van der Waals surface area contributed by atoms with Crippen LogP contribution in [0.2, 0.25) is 0 Å². The van der Waals surface area contributed by atoms with Gasteiger partial charge < -0.3 is 4.74 Å². The fraction of sp³-hybridized carbons (Fsp3) is 0.471. The molecule has 0 spiro atoms. The van der Waals surface area contributed by atoms with Crippen LogP contribution in [-0.2, 0) is 13.2 Å². The summed E-state index contributed by atoms with van der Waals surface area (Å²) in [5.41, 5.74) is 0.0410. The van der Waals surface area contributed by atoms with Gasteiger partial charge in [-0.1, -0.05) is 24.2 Å². The Morgan fingerprint density at radius 1 is 1.11 bits per heavy atom. The molecule has 2 aromatic heterocycles. The zero-order valence-corrected chi connectivity index (χ0v) is 15.6. The van der Waals surface area contributed by atoms with Gasteiger partial charge in [0.1, 0.15) is 12.4 Å². The van der Waals surface area contributed by atoms with Gasteiger partial charge in [-0.15, -0.1) is 10.2 Å². The number of benzene rings is 1. The molecule has 10 heteroatoms. The fourth-order valence-corrected chi connectivity index (χ4v) is 3.92. The Bertz CT molecular complexity index is 915. The first-order chi connectivity index (χ1) is 13.2. The summed E-state index contributed by atoms with van der Waals surface area (Å²) in [6.45, 7) is 3.23. The second kappa shape index (κ2) is 7.97. The van der Waals surface area contributed by atoms with Crippen molar-refractivity contribution in [3.63, 3.8) is 0 Å². The summed E-state index contributed by atoms with van der Waals surface area (Å²) in [5.74, 6) is 1.42. The summed E-state index contributed by atoms with van der Waals surface area (Å²) in [6.07, 6.45) is 5.06. The number of non-ortho nitro benzene ring substituents is 1. The number of aromatic nitrogens is 4. The molecule has 3 aromatic rings. The SMILES string of the molecule is O=[N+]([O-])c1ccc(OCc2nn3c(CN4CCCCCC4)nnc3s2)cc1. The molecule has 1 aromatic carbocycles. The maximum Gasteiger partial charge on any atom is 0.269 e. The molecular weight excluding hydrogens is 368 g/mol. The molecule has 0 aliphatic carbocycles. The molecule has 1 aliphatic rings. The van der Waals surface area contributed by atoms with Crippen LogP contribution in [0.1, 0.15) is 36.5 Å². The van der Waals surface area contributed by atoms with Crippen LogP contribution in [-0.4, -0.2) is 42.7 Å². The van der Waals surface area contributed by atoms with E-state index >= 15 is 0 Å². The normalized spacial score (nSPS) is 15.7. The van der Waals surface area contributed by atoms with Crippen molar-refractivity contribution in [2.75, 3.05) is 13.1 Å². The topological polar surface area (TPSA) is 98.7 Å². The Kier molecular flexibility index (Phi) is 5.26. The van der Waals surface area contributed by atoms with E-state index in [9.17, 15) is 10.1 Å². The molecule has 9 nitrogen and oxygen atoms in total. The van der Waals surface area contributed by atoms with Gasteiger partial charge in [0, 0.05) is 12.1 Å². The van der Waals surface area contributed by atoms with E-state index in [0.29, 0.717) is 5.75 Å². The minimum atomic E-state index is -0.432. The van der Waals surface area contributed by atoms with E-state index in [2.05, 4.69) is 20.2 Å². The van der Waals surface area contributed by atoms with E-state index in [4.69, 9.17) is 4.74 Å². The lowest BCUT2D eigenvalue weighted by molar-refractivity contribution is -0.384. The molecule has 27 heavy (non-hydrogen) atoms. The third-order valence-corrected chi connectivity index (χ3v) is 5.44. The number of fused-ring (bicyclic) bond motifs is 1. The van der Waals surface area contributed by atoms with Crippen molar-refractivity contribution in [3.05, 3.63) is 45.2 Å². The molecule has 1 saturated heterocycles. The lowest BCUT2D eigenvalue weighted by Gasteiger charge is -2.17. The molecule has 0 atom stereocenters. The minimum absolute atomic E-state index is 0.0410. The Morgan fingerprint density at radius 2 is 1.85 bits per heavy atom. The average Bonchev–Trinajstić information content (AvgIpc) is 3.13. The van der Waals surface area contributed by atoms with Gasteiger partial charge in [0.25, 0.3) is 5.69 Å². The molecule has 0 unspecified atom stereocenters.